The molecule has 0 bridgehead atoms. The minimum atomic E-state index is -0.354. The second-order valence-electron chi connectivity index (χ2n) is 2.72. The van der Waals surface area contributed by atoms with E-state index in [1.807, 2.05) is 18.2 Å². The summed E-state index contributed by atoms with van der Waals surface area (Å²) in [6.07, 6.45) is 8.07. The van der Waals surface area contributed by atoms with Crippen LogP contribution in [0.3, 0.4) is 0 Å². The lowest BCUT2D eigenvalue weighted by Gasteiger charge is -2.35. The standard InChI is InChI=1S/C8H10N2O/c11-10(7-3-4-8-10)9-5-1-2-6-9/h1-3,5-7H,4,8H2. The Labute approximate surface area is 65.3 Å². The summed E-state index contributed by atoms with van der Waals surface area (Å²) in [4.78, 5) is 0. The maximum atomic E-state index is 11.8. The zero-order valence-electron chi connectivity index (χ0n) is 6.18. The van der Waals surface area contributed by atoms with Crippen LogP contribution in [0.25, 0.3) is 0 Å². The van der Waals surface area contributed by atoms with Gasteiger partial charge in [0.05, 0.1) is 12.4 Å². The van der Waals surface area contributed by atoms with Crippen LogP contribution < -0.4 is 4.76 Å². The Balaban J connectivity index is 2.35. The smallest absolute Gasteiger partial charge is 0.117 e. The van der Waals surface area contributed by atoms with Gasteiger partial charge in [-0.25, -0.2) is 9.43 Å². The van der Waals surface area contributed by atoms with Crippen LogP contribution in [-0.2, 0) is 0 Å². The van der Waals surface area contributed by atoms with Gasteiger partial charge in [0.1, 0.15) is 12.7 Å². The van der Waals surface area contributed by atoms with Crippen molar-refractivity contribution in [1.29, 1.82) is 0 Å². The lowest BCUT2D eigenvalue weighted by molar-refractivity contribution is 0.302. The van der Waals surface area contributed by atoms with Crippen LogP contribution in [0.15, 0.2) is 36.8 Å². The van der Waals surface area contributed by atoms with Crippen LogP contribution in [0.5, 0.6) is 0 Å². The van der Waals surface area contributed by atoms with Gasteiger partial charge in [-0.15, -0.1) is 0 Å². The lowest BCUT2D eigenvalue weighted by Crippen LogP contribution is -2.44. The molecule has 0 aliphatic carbocycles. The fourth-order valence-electron chi connectivity index (χ4n) is 1.32. The number of hydroxylamine groups is 2. The molecule has 58 valence electrons. The van der Waals surface area contributed by atoms with Gasteiger partial charge in [0.15, 0.2) is 0 Å². The predicted octanol–water partition coefficient (Wildman–Crippen LogP) is 1.34. The monoisotopic (exact) mass is 150 g/mol. The van der Waals surface area contributed by atoms with Crippen LogP contribution in [-0.4, -0.2) is 11.2 Å². The Morgan fingerprint density at radius 1 is 1.27 bits per heavy atom. The van der Waals surface area contributed by atoms with Crippen molar-refractivity contribution in [3.63, 3.8) is 0 Å². The highest BCUT2D eigenvalue weighted by Gasteiger charge is 2.18. The molecule has 1 aliphatic rings. The molecule has 0 saturated heterocycles. The third-order valence-electron chi connectivity index (χ3n) is 1.93. The summed E-state index contributed by atoms with van der Waals surface area (Å²) in [5.41, 5.74) is 0. The van der Waals surface area contributed by atoms with E-state index in [0.717, 1.165) is 6.42 Å². The molecule has 2 heterocycles. The normalized spacial score (nSPS) is 29.5. The van der Waals surface area contributed by atoms with Crippen molar-refractivity contribution in [2.75, 3.05) is 6.54 Å². The van der Waals surface area contributed by atoms with E-state index in [4.69, 9.17) is 0 Å². The Morgan fingerprint density at radius 2 is 2.00 bits per heavy atom. The number of rotatable bonds is 1. The summed E-state index contributed by atoms with van der Waals surface area (Å²) in [6.45, 7) is 0.620. The molecule has 0 N–H and O–H groups in total. The molecule has 1 aromatic rings. The molecule has 3 heteroatoms. The molecular formula is C8H10N2O. The number of quaternary nitrogens is 1. The molecule has 0 spiro atoms. The molecule has 1 aromatic heterocycles. The molecule has 2 rings (SSSR count). The average Bonchev–Trinajstić information content (AvgIpc) is 2.55. The van der Waals surface area contributed by atoms with Gasteiger partial charge in [-0.2, -0.15) is 0 Å². The highest BCUT2D eigenvalue weighted by atomic mass is 16.6. The van der Waals surface area contributed by atoms with E-state index < -0.39 is 0 Å². The van der Waals surface area contributed by atoms with Crippen LogP contribution in [0.2, 0.25) is 0 Å². The SMILES string of the molecule is [O-][N+]1(n2cccc2)C=CCC1. The van der Waals surface area contributed by atoms with E-state index in [1.165, 1.54) is 0 Å². The molecule has 1 unspecified atom stereocenters. The fourth-order valence-corrected chi connectivity index (χ4v) is 1.32. The number of nitrogens with zero attached hydrogens (tertiary/aromatic N) is 2. The maximum absolute atomic E-state index is 11.8. The molecule has 1 aliphatic heterocycles. The molecular weight excluding hydrogens is 140 g/mol. The topological polar surface area (TPSA) is 28.0 Å². The molecule has 0 aromatic carbocycles. The first kappa shape index (κ1) is 6.64. The highest BCUT2D eigenvalue weighted by molar-refractivity contribution is 5.08. The van der Waals surface area contributed by atoms with Gasteiger partial charge in [-0.05, 0) is 18.2 Å². The van der Waals surface area contributed by atoms with Crippen LogP contribution in [0.4, 0.5) is 0 Å². The first-order valence-electron chi connectivity index (χ1n) is 3.71. The van der Waals surface area contributed by atoms with E-state index in [0.29, 0.717) is 6.54 Å². The molecule has 0 saturated carbocycles. The van der Waals surface area contributed by atoms with Gasteiger partial charge >= 0.3 is 0 Å². The van der Waals surface area contributed by atoms with Crippen LogP contribution in [0, 0.1) is 5.21 Å². The van der Waals surface area contributed by atoms with E-state index in [2.05, 4.69) is 0 Å². The maximum Gasteiger partial charge on any atom is 0.117 e. The van der Waals surface area contributed by atoms with E-state index in [-0.39, 0.29) is 4.76 Å². The molecule has 11 heavy (non-hydrogen) atoms. The predicted molar refractivity (Wildman–Crippen MR) is 44.0 cm³/mol. The van der Waals surface area contributed by atoms with E-state index >= 15 is 0 Å². The average molecular weight is 150 g/mol. The quantitative estimate of drug-likeness (QED) is 0.438. The summed E-state index contributed by atoms with van der Waals surface area (Å²) in [6, 6.07) is 3.73. The van der Waals surface area contributed by atoms with Crippen molar-refractivity contribution >= 4 is 0 Å². The Kier molecular flexibility index (Phi) is 1.34. The highest BCUT2D eigenvalue weighted by Crippen LogP contribution is 2.13. The summed E-state index contributed by atoms with van der Waals surface area (Å²) < 4.78 is 1.30. The van der Waals surface area contributed by atoms with E-state index in [1.54, 1.807) is 23.3 Å². The van der Waals surface area contributed by atoms with Crippen molar-refractivity contribution in [1.82, 2.24) is 9.43 Å². The first-order chi connectivity index (χ1) is 5.31. The second kappa shape index (κ2) is 2.22. The lowest BCUT2D eigenvalue weighted by atomic mass is 10.5. The molecule has 0 amide bonds. The second-order valence-corrected chi connectivity index (χ2v) is 2.72. The summed E-state index contributed by atoms with van der Waals surface area (Å²) in [5.74, 6) is 0. The van der Waals surface area contributed by atoms with Crippen LogP contribution >= 0.6 is 0 Å². The zero-order chi connectivity index (χ0) is 7.73. The molecule has 3 nitrogen and oxygen atoms in total. The Bertz CT molecular complexity index is 266. The molecule has 0 radical (unpaired) electrons. The van der Waals surface area contributed by atoms with Gasteiger partial charge in [-0.3, -0.25) is 0 Å². The minimum absolute atomic E-state index is 0.354. The van der Waals surface area contributed by atoms with Crippen molar-refractivity contribution in [2.45, 2.75) is 6.42 Å². The number of hydrogen-bond acceptors (Lipinski definition) is 1. The molecule has 1 atom stereocenters. The third kappa shape index (κ3) is 0.982. The Hall–Kier alpha value is -1.06. The van der Waals surface area contributed by atoms with Crippen LogP contribution in [0.1, 0.15) is 6.42 Å². The minimum Gasteiger partial charge on any atom is -0.601 e. The zero-order valence-corrected chi connectivity index (χ0v) is 6.18. The number of aromatic nitrogens is 1. The van der Waals surface area contributed by atoms with Gasteiger partial charge in [0.2, 0.25) is 0 Å². The van der Waals surface area contributed by atoms with Crippen molar-refractivity contribution in [2.24, 2.45) is 0 Å². The van der Waals surface area contributed by atoms with Gasteiger partial charge in [-0.1, -0.05) is 0 Å². The third-order valence-corrected chi connectivity index (χ3v) is 1.93. The van der Waals surface area contributed by atoms with Gasteiger partial charge < -0.3 is 5.21 Å². The first-order valence-corrected chi connectivity index (χ1v) is 3.71. The summed E-state index contributed by atoms with van der Waals surface area (Å²) in [7, 11) is 0. The van der Waals surface area contributed by atoms with Crippen molar-refractivity contribution < 1.29 is 0 Å². The summed E-state index contributed by atoms with van der Waals surface area (Å²) >= 11 is 0. The van der Waals surface area contributed by atoms with E-state index in [9.17, 15) is 5.21 Å². The van der Waals surface area contributed by atoms with Crippen molar-refractivity contribution in [3.05, 3.63) is 42.0 Å². The van der Waals surface area contributed by atoms with Gasteiger partial charge in [0.25, 0.3) is 0 Å². The summed E-state index contributed by atoms with van der Waals surface area (Å²) in [5, 5.41) is 11.8. The Morgan fingerprint density at radius 3 is 2.55 bits per heavy atom. The van der Waals surface area contributed by atoms with Gasteiger partial charge in [0, 0.05) is 6.42 Å². The largest absolute Gasteiger partial charge is 0.601 e. The molecule has 0 fully saturated rings. The number of hydrogen-bond donors (Lipinski definition) is 0. The van der Waals surface area contributed by atoms with Crippen molar-refractivity contribution in [3.8, 4) is 0 Å². The fraction of sp³-hybridized carbons (Fsp3) is 0.250.